The van der Waals surface area contributed by atoms with E-state index in [0.717, 1.165) is 19.3 Å². The molecular weight excluding hydrogens is 273 g/mol. The topological polar surface area (TPSA) is 46.5 Å². The zero-order chi connectivity index (χ0) is 14.8. The summed E-state index contributed by atoms with van der Waals surface area (Å²) in [4.78, 5) is 11.6. The minimum Gasteiger partial charge on any atom is -0.481 e. The van der Waals surface area contributed by atoms with Gasteiger partial charge in [0.1, 0.15) is 5.75 Å². The molecule has 2 rings (SSSR count). The van der Waals surface area contributed by atoms with Gasteiger partial charge in [-0.05, 0) is 30.5 Å². The molecular formula is C14H15F3O3. The van der Waals surface area contributed by atoms with Crippen LogP contribution in [0.15, 0.2) is 24.3 Å². The highest BCUT2D eigenvalue weighted by molar-refractivity contribution is 5.81. The van der Waals surface area contributed by atoms with Crippen LogP contribution in [0, 0.1) is 0 Å². The number of alkyl halides is 3. The number of ether oxygens (including phenoxy) is 1. The van der Waals surface area contributed by atoms with Crippen molar-refractivity contribution >= 4 is 5.97 Å². The van der Waals surface area contributed by atoms with Crippen molar-refractivity contribution in [2.24, 2.45) is 0 Å². The Hall–Kier alpha value is -1.72. The molecule has 1 aromatic carbocycles. The second kappa shape index (κ2) is 5.34. The van der Waals surface area contributed by atoms with E-state index >= 15 is 0 Å². The molecule has 0 heterocycles. The molecule has 6 heteroatoms. The molecule has 1 saturated carbocycles. The van der Waals surface area contributed by atoms with Crippen molar-refractivity contribution in [3.05, 3.63) is 29.8 Å². The molecule has 0 aromatic heterocycles. The molecule has 20 heavy (non-hydrogen) atoms. The quantitative estimate of drug-likeness (QED) is 0.918. The molecule has 110 valence electrons. The number of hydrogen-bond donors (Lipinski definition) is 1. The molecule has 0 unspecified atom stereocenters. The number of carboxylic acid groups (broad SMARTS) is 1. The van der Waals surface area contributed by atoms with E-state index in [0.29, 0.717) is 18.4 Å². The number of aliphatic carboxylic acids is 1. The third-order valence-corrected chi connectivity index (χ3v) is 3.74. The van der Waals surface area contributed by atoms with E-state index < -0.39 is 17.7 Å². The first-order valence-corrected chi connectivity index (χ1v) is 6.43. The van der Waals surface area contributed by atoms with Crippen LogP contribution < -0.4 is 4.74 Å². The summed E-state index contributed by atoms with van der Waals surface area (Å²) in [6, 6.07) is 5.32. The average Bonchev–Trinajstić information content (AvgIpc) is 2.37. The first-order valence-electron chi connectivity index (χ1n) is 6.43. The van der Waals surface area contributed by atoms with Crippen molar-refractivity contribution in [2.45, 2.75) is 43.9 Å². The lowest BCUT2D eigenvalue weighted by Gasteiger charge is -2.33. The van der Waals surface area contributed by atoms with Gasteiger partial charge in [0.15, 0.2) is 0 Å². The molecule has 0 atom stereocenters. The van der Waals surface area contributed by atoms with E-state index in [2.05, 4.69) is 4.74 Å². The van der Waals surface area contributed by atoms with E-state index in [1.807, 2.05) is 0 Å². The van der Waals surface area contributed by atoms with E-state index in [4.69, 9.17) is 0 Å². The first kappa shape index (κ1) is 14.7. The third kappa shape index (κ3) is 3.05. The Morgan fingerprint density at radius 1 is 1.20 bits per heavy atom. The predicted molar refractivity (Wildman–Crippen MR) is 65.5 cm³/mol. The Bertz CT molecular complexity index is 491. The Labute approximate surface area is 114 Å². The lowest BCUT2D eigenvalue weighted by Crippen LogP contribution is -2.37. The fourth-order valence-electron chi connectivity index (χ4n) is 2.77. The van der Waals surface area contributed by atoms with E-state index in [1.54, 1.807) is 6.07 Å². The number of benzene rings is 1. The summed E-state index contributed by atoms with van der Waals surface area (Å²) in [5.74, 6) is -1.36. The molecule has 0 radical (unpaired) electrons. The van der Waals surface area contributed by atoms with Crippen LogP contribution >= 0.6 is 0 Å². The minimum absolute atomic E-state index is 0.374. The van der Waals surface area contributed by atoms with Gasteiger partial charge in [0, 0.05) is 0 Å². The summed E-state index contributed by atoms with van der Waals surface area (Å²) in [5, 5.41) is 9.50. The second-order valence-electron chi connectivity index (χ2n) is 5.02. The number of halogens is 3. The average molecular weight is 288 g/mol. The molecule has 1 fully saturated rings. The maximum absolute atomic E-state index is 12.2. The summed E-state index contributed by atoms with van der Waals surface area (Å²) in [5.41, 5.74) is -0.713. The smallest absolute Gasteiger partial charge is 0.481 e. The second-order valence-corrected chi connectivity index (χ2v) is 5.02. The fourth-order valence-corrected chi connectivity index (χ4v) is 2.77. The molecule has 1 aromatic rings. The van der Waals surface area contributed by atoms with Crippen molar-refractivity contribution < 1.29 is 27.8 Å². The minimum atomic E-state index is -4.78. The Morgan fingerprint density at radius 3 is 2.40 bits per heavy atom. The SMILES string of the molecule is O=C(O)C1(c2cccc(OC(F)(F)F)c2)CCCCC1. The van der Waals surface area contributed by atoms with Gasteiger partial charge in [-0.3, -0.25) is 4.79 Å². The lowest BCUT2D eigenvalue weighted by molar-refractivity contribution is -0.274. The van der Waals surface area contributed by atoms with Crippen LogP contribution in [0.2, 0.25) is 0 Å². The number of rotatable bonds is 3. The van der Waals surface area contributed by atoms with E-state index in [-0.39, 0.29) is 5.75 Å². The number of carbonyl (C=O) groups is 1. The summed E-state index contributed by atoms with van der Waals surface area (Å²) in [6.07, 6.45) is -1.42. The number of hydrogen-bond acceptors (Lipinski definition) is 2. The van der Waals surface area contributed by atoms with Gasteiger partial charge >= 0.3 is 12.3 Å². The van der Waals surface area contributed by atoms with Crippen molar-refractivity contribution in [1.29, 1.82) is 0 Å². The van der Waals surface area contributed by atoms with Gasteiger partial charge in [-0.15, -0.1) is 13.2 Å². The van der Waals surface area contributed by atoms with Gasteiger partial charge in [0.25, 0.3) is 0 Å². The van der Waals surface area contributed by atoms with Crippen molar-refractivity contribution in [3.63, 3.8) is 0 Å². The van der Waals surface area contributed by atoms with Gasteiger partial charge < -0.3 is 9.84 Å². The Balaban J connectivity index is 2.35. The van der Waals surface area contributed by atoms with Crippen LogP contribution in [0.1, 0.15) is 37.7 Å². The van der Waals surface area contributed by atoms with E-state index in [9.17, 15) is 23.1 Å². The summed E-state index contributed by atoms with van der Waals surface area (Å²) >= 11 is 0. The first-order chi connectivity index (χ1) is 9.33. The molecule has 0 amide bonds. The highest BCUT2D eigenvalue weighted by Crippen LogP contribution is 2.41. The van der Waals surface area contributed by atoms with Gasteiger partial charge in [0.05, 0.1) is 5.41 Å². The highest BCUT2D eigenvalue weighted by Gasteiger charge is 2.41. The molecule has 0 saturated heterocycles. The summed E-state index contributed by atoms with van der Waals surface area (Å²) < 4.78 is 40.6. The van der Waals surface area contributed by atoms with E-state index in [1.165, 1.54) is 18.2 Å². The van der Waals surface area contributed by atoms with Crippen molar-refractivity contribution in [1.82, 2.24) is 0 Å². The summed E-state index contributed by atoms with van der Waals surface area (Å²) in [7, 11) is 0. The third-order valence-electron chi connectivity index (χ3n) is 3.74. The monoisotopic (exact) mass is 288 g/mol. The van der Waals surface area contributed by atoms with Crippen LogP contribution in [0.25, 0.3) is 0 Å². The van der Waals surface area contributed by atoms with Crippen LogP contribution in [-0.2, 0) is 10.2 Å². The number of carboxylic acids is 1. The highest BCUT2D eigenvalue weighted by atomic mass is 19.4. The summed E-state index contributed by atoms with van der Waals surface area (Å²) in [6.45, 7) is 0. The lowest BCUT2D eigenvalue weighted by atomic mass is 9.69. The maximum atomic E-state index is 12.2. The van der Waals surface area contributed by atoms with Gasteiger partial charge in [-0.25, -0.2) is 0 Å². The molecule has 0 bridgehead atoms. The van der Waals surface area contributed by atoms with Crippen LogP contribution in [0.3, 0.4) is 0 Å². The fraction of sp³-hybridized carbons (Fsp3) is 0.500. The van der Waals surface area contributed by atoms with Crippen LogP contribution in [0.4, 0.5) is 13.2 Å². The Morgan fingerprint density at radius 2 is 1.85 bits per heavy atom. The maximum Gasteiger partial charge on any atom is 0.573 e. The molecule has 1 aliphatic rings. The largest absolute Gasteiger partial charge is 0.573 e. The molecule has 1 aliphatic carbocycles. The zero-order valence-electron chi connectivity index (χ0n) is 10.7. The van der Waals surface area contributed by atoms with Gasteiger partial charge in [-0.2, -0.15) is 0 Å². The molecule has 3 nitrogen and oxygen atoms in total. The standard InChI is InChI=1S/C14H15F3O3/c15-14(16,17)20-11-6-4-5-10(9-11)13(12(18)19)7-2-1-3-8-13/h4-6,9H,1-3,7-8H2,(H,18,19). The van der Waals surface area contributed by atoms with Gasteiger partial charge in [-0.1, -0.05) is 31.4 Å². The predicted octanol–water partition coefficient (Wildman–Crippen LogP) is 3.87. The molecule has 0 spiro atoms. The molecule has 0 aliphatic heterocycles. The van der Waals surface area contributed by atoms with Crippen LogP contribution in [0.5, 0.6) is 5.75 Å². The van der Waals surface area contributed by atoms with Crippen molar-refractivity contribution in [2.75, 3.05) is 0 Å². The van der Waals surface area contributed by atoms with Gasteiger partial charge in [0.2, 0.25) is 0 Å². The van der Waals surface area contributed by atoms with Crippen LogP contribution in [-0.4, -0.2) is 17.4 Å². The Kier molecular flexibility index (Phi) is 3.92. The normalized spacial score (nSPS) is 18.6. The zero-order valence-corrected chi connectivity index (χ0v) is 10.7. The molecule has 1 N–H and O–H groups in total. The van der Waals surface area contributed by atoms with Crippen molar-refractivity contribution in [3.8, 4) is 5.75 Å².